The van der Waals surface area contributed by atoms with Crippen molar-refractivity contribution in [3.8, 4) is 0 Å². The number of unbranched alkanes of at least 4 members (excludes halogenated alkanes) is 1. The van der Waals surface area contributed by atoms with Crippen molar-refractivity contribution in [1.82, 2.24) is 5.32 Å². The van der Waals surface area contributed by atoms with Crippen molar-refractivity contribution in [2.45, 2.75) is 45.8 Å². The first-order valence-corrected chi connectivity index (χ1v) is 6.42. The van der Waals surface area contributed by atoms with Gasteiger partial charge in [0.2, 0.25) is 5.91 Å². The molecule has 0 radical (unpaired) electrons. The summed E-state index contributed by atoms with van der Waals surface area (Å²) in [6, 6.07) is 0. The number of nitrogens with one attached hydrogen (secondary N) is 1. The van der Waals surface area contributed by atoms with Gasteiger partial charge in [0.1, 0.15) is 0 Å². The number of carbonyl (C=O) groups excluding carboxylic acids is 1. The predicted octanol–water partition coefficient (Wildman–Crippen LogP) is 1.02. The average molecular weight is 246 g/mol. The molecule has 5 heteroatoms. The summed E-state index contributed by atoms with van der Waals surface area (Å²) in [5, 5.41) is 3.29. The summed E-state index contributed by atoms with van der Waals surface area (Å²) >= 11 is 0. The third-order valence-electron chi connectivity index (χ3n) is 2.29. The molecular weight excluding hydrogens is 220 g/mol. The fourth-order valence-corrected chi connectivity index (χ4v) is 1.48. The van der Waals surface area contributed by atoms with Crippen LogP contribution in [0.5, 0.6) is 0 Å². The lowest BCUT2D eigenvalue weighted by atomic mass is 10.2. The molecule has 0 aromatic rings. The zero-order valence-corrected chi connectivity index (χ0v) is 11.0. The summed E-state index contributed by atoms with van der Waals surface area (Å²) in [7, 11) is 0. The Morgan fingerprint density at radius 2 is 1.82 bits per heavy atom. The van der Waals surface area contributed by atoms with Crippen molar-refractivity contribution >= 4 is 5.91 Å². The van der Waals surface area contributed by atoms with Gasteiger partial charge in [0.15, 0.2) is 6.29 Å². The molecule has 0 aliphatic heterocycles. The maximum Gasteiger partial charge on any atom is 0.217 e. The van der Waals surface area contributed by atoms with Gasteiger partial charge in [-0.05, 0) is 39.8 Å². The van der Waals surface area contributed by atoms with E-state index in [1.165, 1.54) is 0 Å². The fourth-order valence-electron chi connectivity index (χ4n) is 1.48. The molecule has 0 aromatic carbocycles. The van der Waals surface area contributed by atoms with E-state index in [2.05, 4.69) is 5.32 Å². The van der Waals surface area contributed by atoms with Gasteiger partial charge in [-0.3, -0.25) is 4.79 Å². The minimum absolute atomic E-state index is 0.108. The molecule has 0 fully saturated rings. The fraction of sp³-hybridized carbons (Fsp3) is 0.917. The van der Waals surface area contributed by atoms with Gasteiger partial charge < -0.3 is 20.5 Å². The van der Waals surface area contributed by atoms with Gasteiger partial charge in [-0.25, -0.2) is 0 Å². The summed E-state index contributed by atoms with van der Waals surface area (Å²) in [6.07, 6.45) is 3.03. The highest BCUT2D eigenvalue weighted by molar-refractivity contribution is 5.73. The van der Waals surface area contributed by atoms with Crippen molar-refractivity contribution in [1.29, 1.82) is 0 Å². The summed E-state index contributed by atoms with van der Waals surface area (Å²) in [4.78, 5) is 10.5. The second-order valence-corrected chi connectivity index (χ2v) is 3.80. The van der Waals surface area contributed by atoms with Gasteiger partial charge >= 0.3 is 0 Å². The van der Waals surface area contributed by atoms with Crippen molar-refractivity contribution in [2.75, 3.05) is 26.3 Å². The quantitative estimate of drug-likeness (QED) is 0.398. The van der Waals surface area contributed by atoms with Crippen molar-refractivity contribution in [3.05, 3.63) is 0 Å². The molecule has 0 heterocycles. The first-order valence-electron chi connectivity index (χ1n) is 6.42. The number of carbonyl (C=O) groups is 1. The van der Waals surface area contributed by atoms with E-state index in [1.54, 1.807) is 0 Å². The second-order valence-electron chi connectivity index (χ2n) is 3.80. The molecule has 0 aliphatic rings. The van der Waals surface area contributed by atoms with Crippen LogP contribution < -0.4 is 11.1 Å². The molecule has 0 bridgehead atoms. The topological polar surface area (TPSA) is 73.6 Å². The number of primary amides is 1. The molecule has 17 heavy (non-hydrogen) atoms. The van der Waals surface area contributed by atoms with Crippen LogP contribution in [-0.4, -0.2) is 38.5 Å². The average Bonchev–Trinajstić information content (AvgIpc) is 2.28. The van der Waals surface area contributed by atoms with Crippen LogP contribution in [0.2, 0.25) is 0 Å². The molecule has 1 amide bonds. The Kier molecular flexibility index (Phi) is 11.4. The first kappa shape index (κ1) is 16.4. The Morgan fingerprint density at radius 1 is 1.18 bits per heavy atom. The van der Waals surface area contributed by atoms with Gasteiger partial charge in [-0.15, -0.1) is 0 Å². The van der Waals surface area contributed by atoms with E-state index in [1.807, 2.05) is 13.8 Å². The van der Waals surface area contributed by atoms with Crippen LogP contribution in [0.15, 0.2) is 0 Å². The highest BCUT2D eigenvalue weighted by Crippen LogP contribution is 2.00. The van der Waals surface area contributed by atoms with Crippen LogP contribution in [0.25, 0.3) is 0 Å². The molecule has 3 N–H and O–H groups in total. The molecule has 5 nitrogen and oxygen atoms in total. The van der Waals surface area contributed by atoms with E-state index in [4.69, 9.17) is 15.2 Å². The standard InChI is InChI=1S/C12H26N2O3/c1-3-16-12(17-4-2)8-10-14-9-6-5-7-11(13)15/h12,14H,3-10H2,1-2H3,(H2,13,15). The Hall–Kier alpha value is -0.650. The molecular formula is C12H26N2O3. The minimum Gasteiger partial charge on any atom is -0.370 e. The highest BCUT2D eigenvalue weighted by Gasteiger charge is 2.06. The van der Waals surface area contributed by atoms with Crippen molar-refractivity contribution < 1.29 is 14.3 Å². The van der Waals surface area contributed by atoms with Gasteiger partial charge in [0.25, 0.3) is 0 Å². The minimum atomic E-state index is -0.224. The third kappa shape index (κ3) is 11.6. The number of hydrogen-bond acceptors (Lipinski definition) is 4. The smallest absolute Gasteiger partial charge is 0.217 e. The SMILES string of the molecule is CCOC(CCNCCCCC(N)=O)OCC. The summed E-state index contributed by atoms with van der Waals surface area (Å²) < 4.78 is 10.8. The Labute approximate surface area is 104 Å². The molecule has 0 unspecified atom stereocenters. The Bertz CT molecular complexity index is 183. The van der Waals surface area contributed by atoms with Crippen LogP contribution >= 0.6 is 0 Å². The summed E-state index contributed by atoms with van der Waals surface area (Å²) in [5.41, 5.74) is 5.05. The van der Waals surface area contributed by atoms with E-state index in [9.17, 15) is 4.79 Å². The van der Waals surface area contributed by atoms with Crippen LogP contribution in [0.3, 0.4) is 0 Å². The molecule has 0 saturated heterocycles. The lowest BCUT2D eigenvalue weighted by Crippen LogP contribution is -2.25. The van der Waals surface area contributed by atoms with E-state index < -0.39 is 0 Å². The molecule has 0 aromatic heterocycles. The van der Waals surface area contributed by atoms with E-state index >= 15 is 0 Å². The number of ether oxygens (including phenoxy) is 2. The zero-order chi connectivity index (χ0) is 12.9. The maximum atomic E-state index is 10.5. The van der Waals surface area contributed by atoms with E-state index in [0.29, 0.717) is 19.6 Å². The van der Waals surface area contributed by atoms with E-state index in [-0.39, 0.29) is 12.2 Å². The van der Waals surface area contributed by atoms with Gasteiger partial charge in [-0.1, -0.05) is 0 Å². The number of amides is 1. The van der Waals surface area contributed by atoms with Gasteiger partial charge in [-0.2, -0.15) is 0 Å². The van der Waals surface area contributed by atoms with Crippen LogP contribution in [0.1, 0.15) is 39.5 Å². The lowest BCUT2D eigenvalue weighted by molar-refractivity contribution is -0.138. The summed E-state index contributed by atoms with van der Waals surface area (Å²) in [5.74, 6) is -0.224. The zero-order valence-electron chi connectivity index (χ0n) is 11.0. The van der Waals surface area contributed by atoms with Gasteiger partial charge in [0.05, 0.1) is 0 Å². The van der Waals surface area contributed by atoms with Crippen LogP contribution in [0.4, 0.5) is 0 Å². The number of rotatable bonds is 12. The molecule has 0 rings (SSSR count). The highest BCUT2D eigenvalue weighted by atomic mass is 16.7. The molecule has 0 spiro atoms. The predicted molar refractivity (Wildman–Crippen MR) is 67.6 cm³/mol. The lowest BCUT2D eigenvalue weighted by Gasteiger charge is -2.16. The normalized spacial score (nSPS) is 11.0. The second kappa shape index (κ2) is 11.8. The van der Waals surface area contributed by atoms with E-state index in [0.717, 1.165) is 32.4 Å². The summed E-state index contributed by atoms with van der Waals surface area (Å²) in [6.45, 7) is 7.03. The largest absolute Gasteiger partial charge is 0.370 e. The first-order chi connectivity index (χ1) is 8.20. The van der Waals surface area contributed by atoms with Crippen molar-refractivity contribution in [3.63, 3.8) is 0 Å². The van der Waals surface area contributed by atoms with Crippen LogP contribution in [0, 0.1) is 0 Å². The monoisotopic (exact) mass is 246 g/mol. The van der Waals surface area contributed by atoms with Gasteiger partial charge in [0, 0.05) is 26.1 Å². The number of hydrogen-bond donors (Lipinski definition) is 2. The molecule has 0 aliphatic carbocycles. The Balaban J connectivity index is 3.32. The molecule has 102 valence electrons. The third-order valence-corrected chi connectivity index (χ3v) is 2.29. The molecule has 0 saturated carbocycles. The van der Waals surface area contributed by atoms with Crippen LogP contribution in [-0.2, 0) is 14.3 Å². The van der Waals surface area contributed by atoms with Crippen molar-refractivity contribution in [2.24, 2.45) is 5.73 Å². The maximum absolute atomic E-state index is 10.5. The molecule has 0 atom stereocenters. The Morgan fingerprint density at radius 3 is 2.35 bits per heavy atom. The number of nitrogens with two attached hydrogens (primary N) is 1.